The van der Waals surface area contributed by atoms with E-state index in [-0.39, 0.29) is 0 Å². The van der Waals surface area contributed by atoms with Crippen LogP contribution < -0.4 is 4.90 Å². The molecule has 5 nitrogen and oxygen atoms in total. The molecule has 1 aliphatic rings. The van der Waals surface area contributed by atoms with Crippen molar-refractivity contribution in [2.24, 2.45) is 0 Å². The zero-order valence-electron chi connectivity index (χ0n) is 13.5. The minimum Gasteiger partial charge on any atom is -0.423 e. The summed E-state index contributed by atoms with van der Waals surface area (Å²) < 4.78 is 5.87. The van der Waals surface area contributed by atoms with E-state index in [1.807, 2.05) is 35.6 Å². The second-order valence-electron chi connectivity index (χ2n) is 5.97. The fourth-order valence-electron chi connectivity index (χ4n) is 3.02. The molecule has 0 radical (unpaired) electrons. The van der Waals surface area contributed by atoms with E-state index < -0.39 is 0 Å². The van der Waals surface area contributed by atoms with Crippen LogP contribution >= 0.6 is 11.3 Å². The third kappa shape index (κ3) is 2.96. The van der Waals surface area contributed by atoms with Gasteiger partial charge in [-0.3, -0.25) is 4.90 Å². The summed E-state index contributed by atoms with van der Waals surface area (Å²) in [6, 6.07) is 8.68. The Hall–Kier alpha value is -1.92. The zero-order chi connectivity index (χ0) is 15.8. The molecule has 1 aliphatic heterocycles. The maximum atomic E-state index is 5.87. The van der Waals surface area contributed by atoms with Gasteiger partial charge >= 0.3 is 0 Å². The summed E-state index contributed by atoms with van der Waals surface area (Å²) >= 11 is 1.81. The highest BCUT2D eigenvalue weighted by Gasteiger charge is 2.22. The average Bonchev–Trinajstić information content (AvgIpc) is 3.11. The van der Waals surface area contributed by atoms with E-state index in [2.05, 4.69) is 33.6 Å². The molecule has 0 saturated carbocycles. The largest absolute Gasteiger partial charge is 0.423 e. The Kier molecular flexibility index (Phi) is 3.79. The summed E-state index contributed by atoms with van der Waals surface area (Å²) in [5, 5.41) is 1.16. The predicted molar refractivity (Wildman–Crippen MR) is 93.1 cm³/mol. The van der Waals surface area contributed by atoms with Gasteiger partial charge in [-0.25, -0.2) is 4.98 Å². The summed E-state index contributed by atoms with van der Waals surface area (Å²) in [4.78, 5) is 15.2. The van der Waals surface area contributed by atoms with E-state index in [0.717, 1.165) is 54.8 Å². The van der Waals surface area contributed by atoms with E-state index in [4.69, 9.17) is 4.42 Å². The van der Waals surface area contributed by atoms with Crippen LogP contribution in [0.15, 0.2) is 28.7 Å². The Bertz CT molecular complexity index is 784. The van der Waals surface area contributed by atoms with Gasteiger partial charge in [-0.05, 0) is 26.0 Å². The fourth-order valence-corrected chi connectivity index (χ4v) is 4.00. The van der Waals surface area contributed by atoms with Crippen molar-refractivity contribution in [2.75, 3.05) is 31.1 Å². The first kappa shape index (κ1) is 14.7. The van der Waals surface area contributed by atoms with Gasteiger partial charge in [0.05, 0.1) is 10.7 Å². The lowest BCUT2D eigenvalue weighted by atomic mass is 10.3. The maximum Gasteiger partial charge on any atom is 0.298 e. The molecule has 6 heteroatoms. The predicted octanol–water partition coefficient (Wildman–Crippen LogP) is 3.22. The van der Waals surface area contributed by atoms with Crippen molar-refractivity contribution >= 4 is 28.5 Å². The van der Waals surface area contributed by atoms with Crippen molar-refractivity contribution in [3.63, 3.8) is 0 Å². The van der Waals surface area contributed by atoms with Gasteiger partial charge in [-0.1, -0.05) is 12.1 Å². The van der Waals surface area contributed by atoms with Gasteiger partial charge in [0.25, 0.3) is 6.01 Å². The fraction of sp³-hybridized carbons (Fsp3) is 0.412. The van der Waals surface area contributed by atoms with Crippen LogP contribution in [0.2, 0.25) is 0 Å². The second kappa shape index (κ2) is 5.94. The molecule has 0 bridgehead atoms. The van der Waals surface area contributed by atoms with E-state index in [9.17, 15) is 0 Å². The van der Waals surface area contributed by atoms with E-state index in [0.29, 0.717) is 0 Å². The average molecular weight is 328 g/mol. The number of nitrogens with zero attached hydrogens (tertiary/aromatic N) is 4. The number of piperazine rings is 1. The van der Waals surface area contributed by atoms with Gasteiger partial charge < -0.3 is 9.32 Å². The van der Waals surface area contributed by atoms with Crippen molar-refractivity contribution in [1.29, 1.82) is 0 Å². The maximum absolute atomic E-state index is 5.87. The normalized spacial score (nSPS) is 16.3. The molecule has 3 heterocycles. The molecule has 120 valence electrons. The molecule has 0 atom stereocenters. The van der Waals surface area contributed by atoms with Gasteiger partial charge in [0.2, 0.25) is 0 Å². The van der Waals surface area contributed by atoms with Gasteiger partial charge in [-0.2, -0.15) is 4.98 Å². The number of para-hydroxylation sites is 2. The van der Waals surface area contributed by atoms with Crippen LogP contribution in [-0.4, -0.2) is 41.0 Å². The van der Waals surface area contributed by atoms with Crippen LogP contribution in [0.5, 0.6) is 0 Å². The van der Waals surface area contributed by atoms with Crippen LogP contribution in [0.25, 0.3) is 11.1 Å². The number of hydrogen-bond donors (Lipinski definition) is 0. The Labute approximate surface area is 139 Å². The van der Waals surface area contributed by atoms with Gasteiger partial charge in [0.15, 0.2) is 5.58 Å². The third-order valence-electron chi connectivity index (χ3n) is 4.29. The Balaban J connectivity index is 1.41. The third-order valence-corrected chi connectivity index (χ3v) is 5.35. The minimum atomic E-state index is 0.746. The van der Waals surface area contributed by atoms with E-state index in [1.165, 1.54) is 10.6 Å². The molecule has 1 saturated heterocycles. The highest BCUT2D eigenvalue weighted by atomic mass is 32.1. The first-order valence-electron chi connectivity index (χ1n) is 7.95. The summed E-state index contributed by atoms with van der Waals surface area (Å²) in [6.07, 6.45) is 0. The summed E-state index contributed by atoms with van der Waals surface area (Å²) in [7, 11) is 0. The first-order valence-corrected chi connectivity index (χ1v) is 8.76. The van der Waals surface area contributed by atoms with Gasteiger partial charge in [0, 0.05) is 37.6 Å². The number of hydrogen-bond acceptors (Lipinski definition) is 6. The number of oxazole rings is 1. The second-order valence-corrected chi connectivity index (χ2v) is 7.26. The highest BCUT2D eigenvalue weighted by Crippen LogP contribution is 2.24. The van der Waals surface area contributed by atoms with Crippen molar-refractivity contribution < 1.29 is 4.42 Å². The Morgan fingerprint density at radius 1 is 1.09 bits per heavy atom. The molecule has 2 aromatic heterocycles. The lowest BCUT2D eigenvalue weighted by Gasteiger charge is -2.33. The monoisotopic (exact) mass is 328 g/mol. The number of benzene rings is 1. The van der Waals surface area contributed by atoms with Crippen LogP contribution in [-0.2, 0) is 6.54 Å². The van der Waals surface area contributed by atoms with Crippen LogP contribution in [0.4, 0.5) is 6.01 Å². The van der Waals surface area contributed by atoms with Gasteiger partial charge in [-0.15, -0.1) is 11.3 Å². The molecule has 23 heavy (non-hydrogen) atoms. The topological polar surface area (TPSA) is 45.4 Å². The molecule has 1 aromatic carbocycles. The van der Waals surface area contributed by atoms with E-state index in [1.54, 1.807) is 0 Å². The molecular weight excluding hydrogens is 308 g/mol. The number of aromatic nitrogens is 2. The van der Waals surface area contributed by atoms with Crippen molar-refractivity contribution in [3.8, 4) is 0 Å². The number of thiazole rings is 1. The number of aryl methyl sites for hydroxylation is 2. The Morgan fingerprint density at radius 3 is 2.57 bits per heavy atom. The molecule has 0 N–H and O–H groups in total. The number of anilines is 1. The molecule has 0 amide bonds. The highest BCUT2D eigenvalue weighted by molar-refractivity contribution is 7.11. The zero-order valence-corrected chi connectivity index (χ0v) is 14.3. The quantitative estimate of drug-likeness (QED) is 0.739. The van der Waals surface area contributed by atoms with Gasteiger partial charge in [0.1, 0.15) is 5.52 Å². The molecule has 0 aliphatic carbocycles. The molecule has 3 aromatic rings. The summed E-state index contributed by atoms with van der Waals surface area (Å²) in [6.45, 7) is 9.12. The molecular formula is C17H20N4OS. The minimum absolute atomic E-state index is 0.746. The number of rotatable bonds is 3. The summed E-state index contributed by atoms with van der Waals surface area (Å²) in [5.74, 6) is 0. The van der Waals surface area contributed by atoms with Crippen LogP contribution in [0, 0.1) is 13.8 Å². The lowest BCUT2D eigenvalue weighted by Crippen LogP contribution is -2.46. The molecule has 1 fully saturated rings. The lowest BCUT2D eigenvalue weighted by molar-refractivity contribution is 0.247. The van der Waals surface area contributed by atoms with E-state index >= 15 is 0 Å². The summed E-state index contributed by atoms with van der Waals surface area (Å²) in [5.41, 5.74) is 2.97. The van der Waals surface area contributed by atoms with Crippen LogP contribution in [0.1, 0.15) is 15.6 Å². The van der Waals surface area contributed by atoms with Crippen molar-refractivity contribution in [2.45, 2.75) is 20.4 Å². The molecule has 4 rings (SSSR count). The SMILES string of the molecule is Cc1nc(C)c(CN2CCN(c3nc4ccccc4o3)CC2)s1. The first-order chi connectivity index (χ1) is 11.2. The van der Waals surface area contributed by atoms with Crippen LogP contribution in [0.3, 0.4) is 0 Å². The Morgan fingerprint density at radius 2 is 1.87 bits per heavy atom. The molecule has 0 spiro atoms. The number of fused-ring (bicyclic) bond motifs is 1. The van der Waals surface area contributed by atoms with Crippen molar-refractivity contribution in [3.05, 3.63) is 39.8 Å². The molecule has 0 unspecified atom stereocenters. The standard InChI is InChI=1S/C17H20N4OS/c1-12-16(23-13(2)18-12)11-20-7-9-21(10-8-20)17-19-14-5-3-4-6-15(14)22-17/h3-6H,7-11H2,1-2H3. The van der Waals surface area contributed by atoms with Crippen molar-refractivity contribution in [1.82, 2.24) is 14.9 Å². The smallest absolute Gasteiger partial charge is 0.298 e.